The van der Waals surface area contributed by atoms with Crippen LogP contribution in [0.2, 0.25) is 0 Å². The van der Waals surface area contributed by atoms with Gasteiger partial charge in [-0.1, -0.05) is 13.0 Å². The molecular formula is C20H27N5O3. The molecule has 0 unspecified atom stereocenters. The third-order valence-corrected chi connectivity index (χ3v) is 4.54. The number of morpholine rings is 1. The zero-order valence-corrected chi connectivity index (χ0v) is 16.6. The maximum Gasteiger partial charge on any atom is 0.271 e. The molecule has 2 aromatic heterocycles. The van der Waals surface area contributed by atoms with Gasteiger partial charge in [-0.3, -0.25) is 9.59 Å². The first kappa shape index (κ1) is 20.0. The number of carbonyl (C=O) groups excluding carboxylic acids is 1. The Balaban J connectivity index is 1.59. The van der Waals surface area contributed by atoms with Gasteiger partial charge in [-0.15, -0.1) is 0 Å². The lowest BCUT2D eigenvalue weighted by atomic mass is 10.2. The highest BCUT2D eigenvalue weighted by molar-refractivity contribution is 5.91. The van der Waals surface area contributed by atoms with Crippen LogP contribution in [0, 0.1) is 0 Å². The maximum absolute atomic E-state index is 12.3. The van der Waals surface area contributed by atoms with Crippen molar-refractivity contribution in [2.75, 3.05) is 18.0 Å². The number of nitrogens with zero attached hydrogens (tertiary/aromatic N) is 4. The average molecular weight is 385 g/mol. The van der Waals surface area contributed by atoms with Gasteiger partial charge in [0.05, 0.1) is 12.2 Å². The van der Waals surface area contributed by atoms with Crippen LogP contribution in [0.5, 0.6) is 0 Å². The van der Waals surface area contributed by atoms with Crippen molar-refractivity contribution in [2.24, 2.45) is 0 Å². The quantitative estimate of drug-likeness (QED) is 0.812. The van der Waals surface area contributed by atoms with E-state index in [0.717, 1.165) is 30.9 Å². The second-order valence-corrected chi connectivity index (χ2v) is 7.15. The molecule has 1 amide bonds. The molecule has 8 heteroatoms. The number of nitrogens with one attached hydrogen (secondary N) is 1. The Morgan fingerprint density at radius 1 is 1.21 bits per heavy atom. The van der Waals surface area contributed by atoms with E-state index in [1.807, 2.05) is 19.1 Å². The van der Waals surface area contributed by atoms with E-state index in [1.165, 1.54) is 16.8 Å². The molecular weight excluding hydrogens is 358 g/mol. The SMILES string of the molecule is CCCn1nc(C(=O)NCc2ccc(N3C[C@@H](C)O[C@H](C)C3)nc2)ccc1=O. The van der Waals surface area contributed by atoms with Crippen LogP contribution in [0.3, 0.4) is 0 Å². The molecule has 3 heterocycles. The Morgan fingerprint density at radius 2 is 1.96 bits per heavy atom. The Bertz CT molecular complexity index is 855. The third-order valence-electron chi connectivity index (χ3n) is 4.54. The van der Waals surface area contributed by atoms with Crippen LogP contribution in [-0.2, 0) is 17.8 Å². The third kappa shape index (κ3) is 4.95. The zero-order chi connectivity index (χ0) is 20.1. The number of amides is 1. The minimum absolute atomic E-state index is 0.174. The lowest BCUT2D eigenvalue weighted by molar-refractivity contribution is -0.00546. The summed E-state index contributed by atoms with van der Waals surface area (Å²) in [6, 6.07) is 6.74. The summed E-state index contributed by atoms with van der Waals surface area (Å²) < 4.78 is 7.07. The van der Waals surface area contributed by atoms with E-state index in [1.54, 1.807) is 6.20 Å². The molecule has 0 aliphatic carbocycles. The summed E-state index contributed by atoms with van der Waals surface area (Å²) >= 11 is 0. The van der Waals surface area contributed by atoms with E-state index < -0.39 is 0 Å². The normalized spacial score (nSPS) is 19.5. The molecule has 0 radical (unpaired) electrons. The molecule has 1 N–H and O–H groups in total. The average Bonchev–Trinajstić information content (AvgIpc) is 2.67. The zero-order valence-electron chi connectivity index (χ0n) is 16.6. The molecule has 0 spiro atoms. The molecule has 8 nitrogen and oxygen atoms in total. The number of anilines is 1. The smallest absolute Gasteiger partial charge is 0.271 e. The fourth-order valence-corrected chi connectivity index (χ4v) is 3.29. The Morgan fingerprint density at radius 3 is 2.61 bits per heavy atom. The van der Waals surface area contributed by atoms with E-state index in [-0.39, 0.29) is 29.4 Å². The number of ether oxygens (including phenoxy) is 1. The molecule has 28 heavy (non-hydrogen) atoms. The number of hydrogen-bond donors (Lipinski definition) is 1. The topological polar surface area (TPSA) is 89.3 Å². The van der Waals surface area contributed by atoms with Crippen LogP contribution in [-0.4, -0.2) is 46.0 Å². The van der Waals surface area contributed by atoms with E-state index in [0.29, 0.717) is 13.1 Å². The summed E-state index contributed by atoms with van der Waals surface area (Å²) in [6.45, 7) is 8.53. The Kier molecular flexibility index (Phi) is 6.41. The van der Waals surface area contributed by atoms with Crippen LogP contribution in [0.4, 0.5) is 5.82 Å². The van der Waals surface area contributed by atoms with Crippen LogP contribution < -0.4 is 15.8 Å². The van der Waals surface area contributed by atoms with Crippen molar-refractivity contribution in [2.45, 2.75) is 52.5 Å². The number of hydrogen-bond acceptors (Lipinski definition) is 6. The van der Waals surface area contributed by atoms with Gasteiger partial charge in [-0.2, -0.15) is 5.10 Å². The summed E-state index contributed by atoms with van der Waals surface area (Å²) in [4.78, 5) is 30.8. The first-order valence-corrected chi connectivity index (χ1v) is 9.68. The summed E-state index contributed by atoms with van der Waals surface area (Å²) in [5, 5.41) is 6.95. The van der Waals surface area contributed by atoms with Crippen LogP contribution >= 0.6 is 0 Å². The fourth-order valence-electron chi connectivity index (χ4n) is 3.29. The first-order chi connectivity index (χ1) is 13.5. The summed E-state index contributed by atoms with van der Waals surface area (Å²) in [7, 11) is 0. The minimum atomic E-state index is -0.315. The highest BCUT2D eigenvalue weighted by Crippen LogP contribution is 2.18. The van der Waals surface area contributed by atoms with Crippen molar-refractivity contribution in [3.8, 4) is 0 Å². The number of rotatable bonds is 6. The molecule has 3 rings (SSSR count). The van der Waals surface area contributed by atoms with Gasteiger partial charge in [0.25, 0.3) is 11.5 Å². The van der Waals surface area contributed by atoms with E-state index in [4.69, 9.17) is 4.74 Å². The second-order valence-electron chi connectivity index (χ2n) is 7.15. The van der Waals surface area contributed by atoms with Crippen molar-refractivity contribution < 1.29 is 9.53 Å². The van der Waals surface area contributed by atoms with Gasteiger partial charge in [-0.25, -0.2) is 9.67 Å². The molecule has 150 valence electrons. The molecule has 2 atom stereocenters. The number of pyridine rings is 1. The molecule has 1 fully saturated rings. The molecule has 1 aliphatic rings. The van der Waals surface area contributed by atoms with Gasteiger partial charge in [0.2, 0.25) is 0 Å². The summed E-state index contributed by atoms with van der Waals surface area (Å²) in [5.74, 6) is 0.593. The van der Waals surface area contributed by atoms with Gasteiger partial charge in [-0.05, 0) is 38.0 Å². The minimum Gasteiger partial charge on any atom is -0.372 e. The fraction of sp³-hybridized carbons (Fsp3) is 0.500. The van der Waals surface area contributed by atoms with Gasteiger partial charge in [0.15, 0.2) is 0 Å². The van der Waals surface area contributed by atoms with Crippen molar-refractivity contribution in [1.29, 1.82) is 0 Å². The molecule has 0 bridgehead atoms. The molecule has 0 aromatic carbocycles. The first-order valence-electron chi connectivity index (χ1n) is 9.68. The standard InChI is InChI=1S/C20H27N5O3/c1-4-9-25-19(26)8-6-17(23-25)20(27)22-11-16-5-7-18(21-10-16)24-12-14(2)28-15(3)13-24/h5-8,10,14-15H,4,9,11-13H2,1-3H3,(H,22,27)/t14-,15-/m1/s1. The van der Waals surface area contributed by atoms with Crippen molar-refractivity contribution in [1.82, 2.24) is 20.1 Å². The predicted molar refractivity (Wildman–Crippen MR) is 106 cm³/mol. The van der Waals surface area contributed by atoms with E-state index >= 15 is 0 Å². The summed E-state index contributed by atoms with van der Waals surface area (Å²) in [6.07, 6.45) is 2.89. The second kappa shape index (κ2) is 8.97. The van der Waals surface area contributed by atoms with Crippen LogP contribution in [0.1, 0.15) is 43.2 Å². The lowest BCUT2D eigenvalue weighted by Gasteiger charge is -2.36. The van der Waals surface area contributed by atoms with Crippen LogP contribution in [0.15, 0.2) is 35.3 Å². The van der Waals surface area contributed by atoms with Gasteiger partial charge >= 0.3 is 0 Å². The lowest BCUT2D eigenvalue weighted by Crippen LogP contribution is -2.45. The predicted octanol–water partition coefficient (Wildman–Crippen LogP) is 1.59. The maximum atomic E-state index is 12.3. The Hall–Kier alpha value is -2.74. The molecule has 1 aliphatic heterocycles. The molecule has 1 saturated heterocycles. The Labute approximate surface area is 164 Å². The highest BCUT2D eigenvalue weighted by Gasteiger charge is 2.23. The molecule has 2 aromatic rings. The highest BCUT2D eigenvalue weighted by atomic mass is 16.5. The van der Waals surface area contributed by atoms with Gasteiger partial charge in [0, 0.05) is 38.4 Å². The van der Waals surface area contributed by atoms with Crippen LogP contribution in [0.25, 0.3) is 0 Å². The van der Waals surface area contributed by atoms with E-state index in [9.17, 15) is 9.59 Å². The van der Waals surface area contributed by atoms with Crippen molar-refractivity contribution in [3.05, 3.63) is 52.1 Å². The number of aryl methyl sites for hydroxylation is 1. The van der Waals surface area contributed by atoms with Crippen molar-refractivity contribution >= 4 is 11.7 Å². The molecule has 0 saturated carbocycles. The largest absolute Gasteiger partial charge is 0.372 e. The number of carbonyl (C=O) groups is 1. The summed E-state index contributed by atoms with van der Waals surface area (Å²) in [5.41, 5.74) is 0.923. The van der Waals surface area contributed by atoms with E-state index in [2.05, 4.69) is 34.1 Å². The van der Waals surface area contributed by atoms with Crippen molar-refractivity contribution in [3.63, 3.8) is 0 Å². The monoisotopic (exact) mass is 385 g/mol. The van der Waals surface area contributed by atoms with Gasteiger partial charge in [0.1, 0.15) is 11.5 Å². The number of aromatic nitrogens is 3. The van der Waals surface area contributed by atoms with Gasteiger partial charge < -0.3 is 15.0 Å².